The summed E-state index contributed by atoms with van der Waals surface area (Å²) in [7, 11) is -3.36. The predicted molar refractivity (Wildman–Crippen MR) is 100 cm³/mol. The Balaban J connectivity index is 1.71. The zero-order chi connectivity index (χ0) is 17.9. The number of benzene rings is 3. The number of anilines is 1. The lowest BCUT2D eigenvalue weighted by Crippen LogP contribution is -2.17. The molecule has 0 spiro atoms. The van der Waals surface area contributed by atoms with E-state index in [-0.39, 0.29) is 11.6 Å². The first-order chi connectivity index (χ1) is 11.9. The maximum absolute atomic E-state index is 12.4. The second-order valence-electron chi connectivity index (χ2n) is 5.84. The Morgan fingerprint density at radius 2 is 1.68 bits per heavy atom. The molecule has 6 heteroatoms. The van der Waals surface area contributed by atoms with Crippen LogP contribution < -0.4 is 11.1 Å². The zero-order valence-corrected chi connectivity index (χ0v) is 14.3. The van der Waals surface area contributed by atoms with Crippen LogP contribution in [0.15, 0.2) is 66.7 Å². The van der Waals surface area contributed by atoms with E-state index in [9.17, 15) is 13.2 Å². The average Bonchev–Trinajstić information content (AvgIpc) is 2.60. The van der Waals surface area contributed by atoms with Crippen LogP contribution in [0.2, 0.25) is 0 Å². The number of hydrogen-bond donors (Lipinski definition) is 2. The summed E-state index contributed by atoms with van der Waals surface area (Å²) in [6.07, 6.45) is 0. The largest absolute Gasteiger partial charge is 0.372 e. The van der Waals surface area contributed by atoms with Crippen molar-refractivity contribution in [3.05, 3.63) is 77.9 Å². The third kappa shape index (κ3) is 4.36. The van der Waals surface area contributed by atoms with Gasteiger partial charge < -0.3 is 11.1 Å². The Morgan fingerprint density at radius 1 is 0.920 bits per heavy atom. The van der Waals surface area contributed by atoms with Gasteiger partial charge in [0.15, 0.2) is 9.84 Å². The minimum atomic E-state index is -3.36. The second-order valence-corrected chi connectivity index (χ2v) is 7.90. The van der Waals surface area contributed by atoms with Crippen molar-refractivity contribution in [1.29, 1.82) is 0 Å². The Kier molecular flexibility index (Phi) is 4.72. The molecule has 128 valence electrons. The van der Waals surface area contributed by atoms with E-state index in [1.54, 1.807) is 18.2 Å². The fourth-order valence-electron chi connectivity index (χ4n) is 2.61. The van der Waals surface area contributed by atoms with Gasteiger partial charge in [-0.1, -0.05) is 48.5 Å². The van der Waals surface area contributed by atoms with Crippen molar-refractivity contribution in [2.75, 3.05) is 11.2 Å². The zero-order valence-electron chi connectivity index (χ0n) is 13.5. The lowest BCUT2D eigenvalue weighted by molar-refractivity contribution is 0.100. The van der Waals surface area contributed by atoms with Gasteiger partial charge in [-0.25, -0.2) is 8.42 Å². The quantitative estimate of drug-likeness (QED) is 0.712. The first-order valence-electron chi connectivity index (χ1n) is 7.75. The summed E-state index contributed by atoms with van der Waals surface area (Å²) in [6.45, 7) is 0. The molecule has 0 heterocycles. The monoisotopic (exact) mass is 354 g/mol. The number of sulfone groups is 1. The van der Waals surface area contributed by atoms with Crippen molar-refractivity contribution >= 4 is 32.2 Å². The fraction of sp³-hybridized carbons (Fsp3) is 0.105. The lowest BCUT2D eigenvalue weighted by atomic mass is 10.1. The summed E-state index contributed by atoms with van der Waals surface area (Å²) in [4.78, 5) is 11.2. The van der Waals surface area contributed by atoms with Crippen LogP contribution in [0.3, 0.4) is 0 Å². The fourth-order valence-corrected chi connectivity index (χ4v) is 3.79. The van der Waals surface area contributed by atoms with Crippen molar-refractivity contribution < 1.29 is 13.2 Å². The standard InChI is InChI=1S/C19H18N2O3S/c20-19(22)17-6-3-7-18(11-17)21-13-25(23,24)12-14-8-9-15-4-1-2-5-16(15)10-14/h1-11,21H,12-13H2,(H2,20,22). The van der Waals surface area contributed by atoms with E-state index in [1.165, 1.54) is 6.07 Å². The molecule has 1 amide bonds. The third-order valence-corrected chi connectivity index (χ3v) is 5.20. The van der Waals surface area contributed by atoms with Gasteiger partial charge in [0.2, 0.25) is 5.91 Å². The molecule has 0 aliphatic carbocycles. The smallest absolute Gasteiger partial charge is 0.248 e. The Morgan fingerprint density at radius 3 is 2.44 bits per heavy atom. The molecule has 3 N–H and O–H groups in total. The molecule has 0 atom stereocenters. The number of hydrogen-bond acceptors (Lipinski definition) is 4. The molecule has 0 aromatic heterocycles. The van der Waals surface area contributed by atoms with Gasteiger partial charge >= 0.3 is 0 Å². The highest BCUT2D eigenvalue weighted by Gasteiger charge is 2.13. The number of nitrogens with two attached hydrogens (primary N) is 1. The molecule has 0 bridgehead atoms. The molecule has 5 nitrogen and oxygen atoms in total. The van der Waals surface area contributed by atoms with Crippen LogP contribution >= 0.6 is 0 Å². The minimum absolute atomic E-state index is 0.0552. The van der Waals surface area contributed by atoms with Crippen LogP contribution in [-0.2, 0) is 15.6 Å². The van der Waals surface area contributed by atoms with Crippen molar-refractivity contribution in [3.63, 3.8) is 0 Å². The molecule has 0 unspecified atom stereocenters. The van der Waals surface area contributed by atoms with Crippen molar-refractivity contribution in [1.82, 2.24) is 0 Å². The average molecular weight is 354 g/mol. The molecule has 3 aromatic rings. The Labute approximate surface area is 146 Å². The van der Waals surface area contributed by atoms with Gasteiger partial charge in [-0.3, -0.25) is 4.79 Å². The molecule has 3 rings (SSSR count). The van der Waals surface area contributed by atoms with Crippen LogP contribution in [0.25, 0.3) is 10.8 Å². The van der Waals surface area contributed by atoms with Crippen LogP contribution in [0.5, 0.6) is 0 Å². The highest BCUT2D eigenvalue weighted by molar-refractivity contribution is 7.90. The summed E-state index contributed by atoms with van der Waals surface area (Å²) in [5.74, 6) is -0.828. The van der Waals surface area contributed by atoms with E-state index in [1.807, 2.05) is 42.5 Å². The SMILES string of the molecule is NC(=O)c1cccc(NCS(=O)(=O)Cc2ccc3ccccc3c2)c1. The molecule has 0 aliphatic rings. The summed E-state index contributed by atoms with van der Waals surface area (Å²) in [6, 6.07) is 19.9. The van der Waals surface area contributed by atoms with Crippen molar-refractivity contribution in [2.45, 2.75) is 5.75 Å². The first kappa shape index (κ1) is 17.0. The summed E-state index contributed by atoms with van der Waals surface area (Å²) < 4.78 is 24.7. The maximum atomic E-state index is 12.4. The number of amides is 1. The van der Waals surface area contributed by atoms with Gasteiger partial charge in [0, 0.05) is 11.3 Å². The molecule has 3 aromatic carbocycles. The number of nitrogens with one attached hydrogen (secondary N) is 1. The highest BCUT2D eigenvalue weighted by atomic mass is 32.2. The highest BCUT2D eigenvalue weighted by Crippen LogP contribution is 2.18. The lowest BCUT2D eigenvalue weighted by Gasteiger charge is -2.09. The van der Waals surface area contributed by atoms with Gasteiger partial charge in [-0.05, 0) is 34.5 Å². The minimum Gasteiger partial charge on any atom is -0.372 e. The predicted octanol–water partition coefficient (Wildman–Crippen LogP) is 2.92. The van der Waals surface area contributed by atoms with Gasteiger partial charge in [0.25, 0.3) is 0 Å². The molecule has 0 radical (unpaired) electrons. The molecule has 0 saturated carbocycles. The molecular weight excluding hydrogens is 336 g/mol. The number of primary amides is 1. The summed E-state index contributed by atoms with van der Waals surface area (Å²) >= 11 is 0. The molecule has 0 fully saturated rings. The first-order valence-corrected chi connectivity index (χ1v) is 9.57. The van der Waals surface area contributed by atoms with Crippen LogP contribution in [0, 0.1) is 0 Å². The molecule has 25 heavy (non-hydrogen) atoms. The topological polar surface area (TPSA) is 89.3 Å². The van der Waals surface area contributed by atoms with Gasteiger partial charge in [0.05, 0.1) is 5.75 Å². The van der Waals surface area contributed by atoms with Gasteiger partial charge in [-0.2, -0.15) is 0 Å². The van der Waals surface area contributed by atoms with E-state index in [0.29, 0.717) is 11.3 Å². The summed E-state index contributed by atoms with van der Waals surface area (Å²) in [5.41, 5.74) is 6.84. The van der Waals surface area contributed by atoms with Crippen LogP contribution in [0.1, 0.15) is 15.9 Å². The number of carbonyl (C=O) groups excluding carboxylic acids is 1. The van der Waals surface area contributed by atoms with E-state index in [4.69, 9.17) is 5.73 Å². The Bertz CT molecular complexity index is 1030. The summed E-state index contributed by atoms with van der Waals surface area (Å²) in [5, 5.41) is 4.93. The number of carbonyl (C=O) groups is 1. The van der Waals surface area contributed by atoms with E-state index in [0.717, 1.165) is 16.3 Å². The molecule has 0 saturated heterocycles. The van der Waals surface area contributed by atoms with E-state index >= 15 is 0 Å². The van der Waals surface area contributed by atoms with Crippen molar-refractivity contribution in [2.24, 2.45) is 5.73 Å². The van der Waals surface area contributed by atoms with E-state index < -0.39 is 15.7 Å². The van der Waals surface area contributed by atoms with Crippen LogP contribution in [0.4, 0.5) is 5.69 Å². The maximum Gasteiger partial charge on any atom is 0.248 e. The van der Waals surface area contributed by atoms with Gasteiger partial charge in [0.1, 0.15) is 5.88 Å². The number of rotatable bonds is 6. The normalized spacial score (nSPS) is 11.4. The van der Waals surface area contributed by atoms with E-state index in [2.05, 4.69) is 5.32 Å². The van der Waals surface area contributed by atoms with Gasteiger partial charge in [-0.15, -0.1) is 0 Å². The number of fused-ring (bicyclic) bond motifs is 1. The van der Waals surface area contributed by atoms with Crippen LogP contribution in [-0.4, -0.2) is 20.2 Å². The molecular formula is C19H18N2O3S. The second kappa shape index (κ2) is 6.94. The van der Waals surface area contributed by atoms with Crippen molar-refractivity contribution in [3.8, 4) is 0 Å². The molecule has 0 aliphatic heterocycles. The Hall–Kier alpha value is -2.86. The third-order valence-electron chi connectivity index (χ3n) is 3.84.